The molecule has 3 rings (SSSR count). The molecule has 20 heavy (non-hydrogen) atoms. The van der Waals surface area contributed by atoms with Gasteiger partial charge in [0, 0.05) is 17.1 Å². The molecule has 7 heteroatoms. The van der Waals surface area contributed by atoms with E-state index in [0.29, 0.717) is 5.56 Å². The first-order valence-corrected chi connectivity index (χ1v) is 6.05. The van der Waals surface area contributed by atoms with Crippen molar-refractivity contribution in [2.75, 3.05) is 0 Å². The molecule has 0 aliphatic rings. The maximum absolute atomic E-state index is 11.1. The predicted molar refractivity (Wildman–Crippen MR) is 74.4 cm³/mol. The molecule has 3 aromatic rings. The number of hydrogen-bond acceptors (Lipinski definition) is 5. The monoisotopic (exact) mass is 286 g/mol. The normalized spacial score (nSPS) is 10.7. The van der Waals surface area contributed by atoms with Crippen LogP contribution in [0.2, 0.25) is 5.28 Å². The third kappa shape index (κ3) is 2.06. The molecule has 6 nitrogen and oxygen atoms in total. The zero-order valence-corrected chi connectivity index (χ0v) is 10.8. The SMILES string of the molecule is O=[N+]([O-])c1cnc(Cl)nc1-c1cccc2ncccc12. The van der Waals surface area contributed by atoms with Crippen LogP contribution < -0.4 is 0 Å². The zero-order valence-electron chi connectivity index (χ0n) is 10.0. The second kappa shape index (κ2) is 4.82. The van der Waals surface area contributed by atoms with Crippen LogP contribution in [-0.2, 0) is 0 Å². The first kappa shape index (κ1) is 12.4. The quantitative estimate of drug-likeness (QED) is 0.410. The number of benzene rings is 1. The van der Waals surface area contributed by atoms with Gasteiger partial charge < -0.3 is 0 Å². The molecule has 0 aliphatic heterocycles. The summed E-state index contributed by atoms with van der Waals surface area (Å²) in [6.45, 7) is 0. The molecule has 2 aromatic heterocycles. The van der Waals surface area contributed by atoms with E-state index in [2.05, 4.69) is 15.0 Å². The Kier molecular flexibility index (Phi) is 3.00. The molecule has 0 N–H and O–H groups in total. The van der Waals surface area contributed by atoms with Crippen molar-refractivity contribution < 1.29 is 4.92 Å². The Bertz CT molecular complexity index is 817. The van der Waals surface area contributed by atoms with Crippen LogP contribution in [0.1, 0.15) is 0 Å². The summed E-state index contributed by atoms with van der Waals surface area (Å²) in [5, 5.41) is 11.8. The maximum atomic E-state index is 11.1. The van der Waals surface area contributed by atoms with Crippen molar-refractivity contribution in [3.63, 3.8) is 0 Å². The fourth-order valence-corrected chi connectivity index (χ4v) is 2.13. The molecule has 0 aliphatic carbocycles. The van der Waals surface area contributed by atoms with Crippen LogP contribution in [0.5, 0.6) is 0 Å². The van der Waals surface area contributed by atoms with Crippen molar-refractivity contribution >= 4 is 28.2 Å². The van der Waals surface area contributed by atoms with Gasteiger partial charge >= 0.3 is 5.69 Å². The lowest BCUT2D eigenvalue weighted by Crippen LogP contribution is -1.97. The molecule has 98 valence electrons. The van der Waals surface area contributed by atoms with E-state index in [1.54, 1.807) is 24.4 Å². The van der Waals surface area contributed by atoms with Gasteiger partial charge in [-0.25, -0.2) is 9.97 Å². The molecule has 0 bridgehead atoms. The summed E-state index contributed by atoms with van der Waals surface area (Å²) in [5.41, 5.74) is 1.33. The highest BCUT2D eigenvalue weighted by molar-refractivity contribution is 6.28. The number of nitrogens with zero attached hydrogens (tertiary/aromatic N) is 4. The first-order valence-electron chi connectivity index (χ1n) is 5.68. The minimum atomic E-state index is -0.527. The third-order valence-corrected chi connectivity index (χ3v) is 3.02. The number of pyridine rings is 1. The lowest BCUT2D eigenvalue weighted by atomic mass is 10.0. The van der Waals surface area contributed by atoms with Crippen molar-refractivity contribution in [3.05, 3.63) is 58.1 Å². The van der Waals surface area contributed by atoms with E-state index in [1.807, 2.05) is 12.1 Å². The summed E-state index contributed by atoms with van der Waals surface area (Å²) in [6.07, 6.45) is 2.77. The van der Waals surface area contributed by atoms with E-state index in [1.165, 1.54) is 0 Å². The smallest absolute Gasteiger partial charge is 0.258 e. The molecule has 0 saturated heterocycles. The fourth-order valence-electron chi connectivity index (χ4n) is 2.00. The average Bonchev–Trinajstić information content (AvgIpc) is 2.46. The van der Waals surface area contributed by atoms with E-state index < -0.39 is 4.92 Å². The maximum Gasteiger partial charge on any atom is 0.313 e. The highest BCUT2D eigenvalue weighted by Crippen LogP contribution is 2.32. The Balaban J connectivity index is 2.36. The Morgan fingerprint density at radius 1 is 1.15 bits per heavy atom. The molecule has 1 aromatic carbocycles. The molecule has 0 atom stereocenters. The van der Waals surface area contributed by atoms with Gasteiger partial charge in [-0.05, 0) is 23.7 Å². The fraction of sp³-hybridized carbons (Fsp3) is 0. The first-order chi connectivity index (χ1) is 9.66. The molecule has 0 amide bonds. The van der Waals surface area contributed by atoms with Gasteiger partial charge in [0.15, 0.2) is 5.69 Å². The molecule has 0 unspecified atom stereocenters. The zero-order chi connectivity index (χ0) is 14.1. The Morgan fingerprint density at radius 2 is 2.00 bits per heavy atom. The minimum absolute atomic E-state index is 0.0357. The van der Waals surface area contributed by atoms with Crippen LogP contribution in [0.25, 0.3) is 22.2 Å². The lowest BCUT2D eigenvalue weighted by Gasteiger charge is -2.06. The number of fused-ring (bicyclic) bond motifs is 1. The molecule has 0 saturated carbocycles. The highest BCUT2D eigenvalue weighted by Gasteiger charge is 2.20. The van der Waals surface area contributed by atoms with Gasteiger partial charge in [-0.15, -0.1) is 0 Å². The van der Waals surface area contributed by atoms with E-state index in [0.717, 1.165) is 17.1 Å². The van der Waals surface area contributed by atoms with E-state index >= 15 is 0 Å². The standard InChI is InChI=1S/C13H7ClN4O2/c14-13-16-7-11(18(19)20)12(17-13)9-3-1-5-10-8(9)4-2-6-15-10/h1-7H. The molecule has 2 heterocycles. The summed E-state index contributed by atoms with van der Waals surface area (Å²) >= 11 is 5.76. The molecule has 0 fully saturated rings. The van der Waals surface area contributed by atoms with Crippen LogP contribution in [0.3, 0.4) is 0 Å². The second-order valence-corrected chi connectivity index (χ2v) is 4.34. The summed E-state index contributed by atoms with van der Waals surface area (Å²) < 4.78 is 0. The number of halogens is 1. The van der Waals surface area contributed by atoms with Crippen LogP contribution in [0, 0.1) is 10.1 Å². The molecule has 0 spiro atoms. The van der Waals surface area contributed by atoms with Gasteiger partial charge in [0.25, 0.3) is 0 Å². The number of rotatable bonds is 2. The number of hydrogen-bond donors (Lipinski definition) is 0. The third-order valence-electron chi connectivity index (χ3n) is 2.84. The summed E-state index contributed by atoms with van der Waals surface area (Å²) in [4.78, 5) is 22.5. The summed E-state index contributed by atoms with van der Waals surface area (Å²) in [7, 11) is 0. The van der Waals surface area contributed by atoms with E-state index in [4.69, 9.17) is 11.6 Å². The largest absolute Gasteiger partial charge is 0.313 e. The topological polar surface area (TPSA) is 81.8 Å². The van der Waals surface area contributed by atoms with Crippen molar-refractivity contribution in [3.8, 4) is 11.3 Å². The van der Waals surface area contributed by atoms with E-state index in [-0.39, 0.29) is 16.7 Å². The molecular weight excluding hydrogens is 280 g/mol. The van der Waals surface area contributed by atoms with E-state index in [9.17, 15) is 10.1 Å². The number of nitro groups is 1. The minimum Gasteiger partial charge on any atom is -0.258 e. The highest BCUT2D eigenvalue weighted by atomic mass is 35.5. The van der Waals surface area contributed by atoms with Crippen molar-refractivity contribution in [2.24, 2.45) is 0 Å². The van der Waals surface area contributed by atoms with Crippen molar-refractivity contribution in [2.45, 2.75) is 0 Å². The Hall–Kier alpha value is -2.60. The van der Waals surface area contributed by atoms with Crippen LogP contribution in [0.4, 0.5) is 5.69 Å². The predicted octanol–water partition coefficient (Wildman–Crippen LogP) is 3.25. The van der Waals surface area contributed by atoms with Gasteiger partial charge in [0.05, 0.1) is 10.4 Å². The van der Waals surface area contributed by atoms with Crippen LogP contribution in [0.15, 0.2) is 42.7 Å². The van der Waals surface area contributed by atoms with Crippen LogP contribution in [-0.4, -0.2) is 19.9 Å². The van der Waals surface area contributed by atoms with Crippen molar-refractivity contribution in [1.82, 2.24) is 15.0 Å². The van der Waals surface area contributed by atoms with Gasteiger partial charge in [0.1, 0.15) is 6.20 Å². The Morgan fingerprint density at radius 3 is 2.80 bits per heavy atom. The number of aromatic nitrogens is 3. The summed E-state index contributed by atoms with van der Waals surface area (Å²) in [5.74, 6) is 0. The van der Waals surface area contributed by atoms with Gasteiger partial charge in [-0.1, -0.05) is 18.2 Å². The second-order valence-electron chi connectivity index (χ2n) is 4.01. The lowest BCUT2D eigenvalue weighted by molar-refractivity contribution is -0.384. The van der Waals surface area contributed by atoms with Gasteiger partial charge in [-0.2, -0.15) is 0 Å². The summed E-state index contributed by atoms with van der Waals surface area (Å²) in [6, 6.07) is 8.94. The Labute approximate surface area is 118 Å². The van der Waals surface area contributed by atoms with Crippen molar-refractivity contribution in [1.29, 1.82) is 0 Å². The van der Waals surface area contributed by atoms with Crippen LogP contribution >= 0.6 is 11.6 Å². The molecular formula is C13H7ClN4O2. The van der Waals surface area contributed by atoms with Gasteiger partial charge in [-0.3, -0.25) is 15.1 Å². The molecule has 0 radical (unpaired) electrons. The van der Waals surface area contributed by atoms with Gasteiger partial charge in [0.2, 0.25) is 5.28 Å². The average molecular weight is 287 g/mol.